The number of carbonyl (C=O) groups excluding carboxylic acids is 8. The van der Waals surface area contributed by atoms with Gasteiger partial charge in [0, 0.05) is 46.0 Å². The van der Waals surface area contributed by atoms with E-state index in [1.807, 2.05) is 109 Å². The molecule has 1 saturated heterocycles. The Labute approximate surface area is 520 Å². The Morgan fingerprint density at radius 2 is 1.32 bits per heavy atom. The summed E-state index contributed by atoms with van der Waals surface area (Å²) in [4.78, 5) is 114. The van der Waals surface area contributed by atoms with Crippen molar-refractivity contribution < 1.29 is 57.7 Å². The van der Waals surface area contributed by atoms with Crippen LogP contribution in [0, 0.1) is 29.6 Å². The Hall–Kier alpha value is -7.14. The number of hydrogen-bond acceptors (Lipinski definition) is 13. The zero-order chi connectivity index (χ0) is 65.3. The second-order valence-corrected chi connectivity index (χ2v) is 25.0. The first-order chi connectivity index (χ1) is 41.7. The molecule has 22 heteroatoms. The molecule has 22 nitrogen and oxygen atoms in total. The Balaban J connectivity index is 1.19. The summed E-state index contributed by atoms with van der Waals surface area (Å²) in [6.45, 7) is 19.2. The summed E-state index contributed by atoms with van der Waals surface area (Å²) in [6.07, 6.45) is -1.16. The molecule has 5 rings (SSSR count). The van der Waals surface area contributed by atoms with Gasteiger partial charge >= 0.3 is 12.1 Å². The molecule has 2 aliphatic rings. The molecule has 1 fully saturated rings. The van der Waals surface area contributed by atoms with E-state index in [-0.39, 0.29) is 73.8 Å². The van der Waals surface area contributed by atoms with Crippen LogP contribution in [0.3, 0.4) is 0 Å². The van der Waals surface area contributed by atoms with Crippen LogP contribution < -0.4 is 37.6 Å². The van der Waals surface area contributed by atoms with E-state index in [4.69, 9.17) is 19.9 Å². The van der Waals surface area contributed by atoms with Crippen LogP contribution in [0.4, 0.5) is 15.3 Å². The van der Waals surface area contributed by atoms with Crippen LogP contribution in [0.5, 0.6) is 0 Å². The second kappa shape index (κ2) is 33.4. The molecule has 3 aromatic carbocycles. The highest BCUT2D eigenvalue weighted by Crippen LogP contribution is 2.44. The highest BCUT2D eigenvalue weighted by Gasteiger charge is 2.44. The monoisotopic (exact) mass is 1220 g/mol. The quantitative estimate of drug-likeness (QED) is 0.0319. The molecule has 9 N–H and O–H groups in total. The Morgan fingerprint density at radius 1 is 0.716 bits per heavy atom. The summed E-state index contributed by atoms with van der Waals surface area (Å²) in [5.74, 6) is -4.01. The molecular weight excluding hydrogens is 1120 g/mol. The number of likely N-dealkylation sites (N-methyl/N-ethyl adjacent to an activating group) is 2. The van der Waals surface area contributed by atoms with Crippen molar-refractivity contribution in [1.82, 2.24) is 41.3 Å². The van der Waals surface area contributed by atoms with Gasteiger partial charge in [-0.15, -0.1) is 0 Å². The molecule has 0 bridgehead atoms. The van der Waals surface area contributed by atoms with Gasteiger partial charge in [0.1, 0.15) is 24.7 Å². The third-order valence-electron chi connectivity index (χ3n) is 17.5. The maximum absolute atomic E-state index is 14.5. The smallest absolute Gasteiger partial charge is 0.407 e. The van der Waals surface area contributed by atoms with Crippen molar-refractivity contribution in [1.29, 1.82) is 0 Å². The lowest BCUT2D eigenvalue weighted by atomic mass is 9.89. The van der Waals surface area contributed by atoms with Crippen LogP contribution in [0.1, 0.15) is 136 Å². The third-order valence-corrected chi connectivity index (χ3v) is 17.5. The number of alkyl carbamates (subject to hydrolysis) is 1. The van der Waals surface area contributed by atoms with Gasteiger partial charge in [-0.1, -0.05) is 129 Å². The maximum Gasteiger partial charge on any atom is 0.407 e. The van der Waals surface area contributed by atoms with Crippen molar-refractivity contribution in [2.75, 3.05) is 60.4 Å². The minimum absolute atomic E-state index is 0.00377. The number of likely N-dealkylation sites (tertiary alicyclic amines) is 1. The fraction of sp³-hybridized carbons (Fsp3) is 0.606. The molecule has 88 heavy (non-hydrogen) atoms. The highest BCUT2D eigenvalue weighted by molar-refractivity contribution is 5.98. The molecule has 12 atom stereocenters. The number of carbonyl (C=O) groups is 8. The number of fused-ring (bicyclic) bond motifs is 3. The number of primary amides is 1. The number of aliphatic hydroxyl groups excluding tert-OH is 1. The van der Waals surface area contributed by atoms with Gasteiger partial charge < -0.3 is 66.8 Å². The van der Waals surface area contributed by atoms with Gasteiger partial charge in [0.25, 0.3) is 0 Å². The molecule has 1 aliphatic heterocycles. The van der Waals surface area contributed by atoms with Gasteiger partial charge in [-0.2, -0.15) is 0 Å². The van der Waals surface area contributed by atoms with Crippen molar-refractivity contribution in [2.45, 2.75) is 174 Å². The number of amides is 9. The predicted molar refractivity (Wildman–Crippen MR) is 338 cm³/mol. The SMILES string of the molecule is CC[C@H](C)C([C@@H](CC(=O)N1CCC[C@H]1[C@H](OC)[C@@H](C)C(=O)N[C@H](C)[C@@H](O)c1ccc(NC(=O)[C@H](CCCNC(N)=O)NC(=O)[C@@H](NC(=O)OCC2c3ccccc3-c3ccccc32)C(C)C)cc1)OC)N(C)C(=O)C(NC(=O)C(C(C)C)N(C)C)C(C)C. The number of methoxy groups -OCH3 is 2. The Bertz CT molecular complexity index is 2780. The number of nitrogens with two attached hydrogens (primary N) is 1. The number of anilines is 1. The van der Waals surface area contributed by atoms with E-state index in [9.17, 15) is 43.5 Å². The van der Waals surface area contributed by atoms with Crippen molar-refractivity contribution in [3.05, 3.63) is 89.5 Å². The molecule has 1 heterocycles. The summed E-state index contributed by atoms with van der Waals surface area (Å²) < 4.78 is 17.8. The normalized spacial score (nSPS) is 17.7. The largest absolute Gasteiger partial charge is 0.449 e. The summed E-state index contributed by atoms with van der Waals surface area (Å²) >= 11 is 0. The lowest BCUT2D eigenvalue weighted by Crippen LogP contribution is -2.59. The lowest BCUT2D eigenvalue weighted by molar-refractivity contribution is -0.148. The number of nitrogens with one attached hydrogen (secondary N) is 6. The van der Waals surface area contributed by atoms with Gasteiger partial charge in [-0.05, 0) is 110 Å². The summed E-state index contributed by atoms with van der Waals surface area (Å²) in [7, 11) is 8.42. The second-order valence-electron chi connectivity index (χ2n) is 25.0. The number of ether oxygens (including phenoxy) is 3. The van der Waals surface area contributed by atoms with E-state index >= 15 is 0 Å². The fourth-order valence-electron chi connectivity index (χ4n) is 12.5. The first-order valence-electron chi connectivity index (χ1n) is 31.1. The maximum atomic E-state index is 14.5. The first-order valence-corrected chi connectivity index (χ1v) is 31.1. The molecule has 3 aromatic rings. The zero-order valence-electron chi connectivity index (χ0n) is 54.4. The molecule has 9 amide bonds. The van der Waals surface area contributed by atoms with Crippen LogP contribution in [-0.4, -0.2) is 177 Å². The highest BCUT2D eigenvalue weighted by atomic mass is 16.5. The van der Waals surface area contributed by atoms with E-state index in [0.29, 0.717) is 37.1 Å². The first kappa shape index (κ1) is 71.6. The van der Waals surface area contributed by atoms with E-state index in [2.05, 4.69) is 31.9 Å². The minimum Gasteiger partial charge on any atom is -0.449 e. The minimum atomic E-state index is -1.19. The van der Waals surface area contributed by atoms with Crippen molar-refractivity contribution in [3.63, 3.8) is 0 Å². The number of benzene rings is 3. The number of aliphatic hydroxyl groups is 1. The van der Waals surface area contributed by atoms with Gasteiger partial charge in [0.15, 0.2) is 0 Å². The topological polar surface area (TPSA) is 292 Å². The average molecular weight is 1230 g/mol. The number of rotatable bonds is 32. The molecule has 0 spiro atoms. The van der Waals surface area contributed by atoms with Crippen LogP contribution in [0.2, 0.25) is 0 Å². The zero-order valence-corrected chi connectivity index (χ0v) is 54.4. The summed E-state index contributed by atoms with van der Waals surface area (Å²) in [5.41, 5.74) is 10.3. The van der Waals surface area contributed by atoms with E-state index in [1.165, 1.54) is 14.2 Å². The van der Waals surface area contributed by atoms with E-state index in [0.717, 1.165) is 22.3 Å². The number of urea groups is 1. The van der Waals surface area contributed by atoms with Crippen molar-refractivity contribution >= 4 is 53.3 Å². The van der Waals surface area contributed by atoms with Crippen molar-refractivity contribution in [2.24, 2.45) is 35.3 Å². The van der Waals surface area contributed by atoms with E-state index in [1.54, 1.807) is 68.8 Å². The lowest BCUT2D eigenvalue weighted by Gasteiger charge is -2.41. The standard InChI is InChI=1S/C66H100N10O12/c1-16-40(8)57(75(13)64(83)55(38(4)5)72-63(82)56(39(6)7)74(11)12)52(86-14)35-53(77)76-34-22-28-51(76)59(87-15)41(9)60(79)69-42(10)58(78)43-29-31-44(32-30-43)70-61(80)50(27-21-33-68-65(67)84)71-62(81)54(37(2)3)73-66(85)88-36-49-47-25-19-17-23-45(47)46-24-18-20-26-48(46)49/h17-20,23-26,29-32,37-42,49-52,54-59,78H,16,21-22,27-28,33-36H2,1-15H3,(H,69,79)(H,70,80)(H,71,81)(H,72,82)(H,73,85)(H3,67,68,84)/t40-,41+,42+,50-,51-,52+,54-,55?,56?,57?,58+,59+/m0/s1. The Morgan fingerprint density at radius 3 is 1.85 bits per heavy atom. The van der Waals surface area contributed by atoms with Crippen LogP contribution in [-0.2, 0) is 43.0 Å². The van der Waals surface area contributed by atoms with E-state index < -0.39 is 102 Å². The predicted octanol–water partition coefficient (Wildman–Crippen LogP) is 6.31. The van der Waals surface area contributed by atoms with Gasteiger partial charge in [-0.25, -0.2) is 9.59 Å². The van der Waals surface area contributed by atoms with Crippen LogP contribution in [0.15, 0.2) is 72.8 Å². The Kier molecular flexibility index (Phi) is 27.2. The molecule has 3 unspecified atom stereocenters. The molecule has 486 valence electrons. The molecule has 0 saturated carbocycles. The van der Waals surface area contributed by atoms with Gasteiger partial charge in [0.2, 0.25) is 35.4 Å². The van der Waals surface area contributed by atoms with Crippen molar-refractivity contribution in [3.8, 4) is 11.1 Å². The molecule has 0 radical (unpaired) electrons. The average Bonchev–Trinajstić information content (AvgIpc) is 2.88. The molecular formula is C66H100N10O12. The van der Waals surface area contributed by atoms with Gasteiger partial charge in [-0.3, -0.25) is 33.7 Å². The van der Waals surface area contributed by atoms with Crippen LogP contribution >= 0.6 is 0 Å². The summed E-state index contributed by atoms with van der Waals surface area (Å²) in [5, 5.41) is 28.3. The summed E-state index contributed by atoms with van der Waals surface area (Å²) in [6, 6.07) is 16.3. The number of nitrogens with zero attached hydrogens (tertiary/aromatic N) is 3. The fourth-order valence-corrected chi connectivity index (χ4v) is 12.5. The van der Waals surface area contributed by atoms with Gasteiger partial charge in [0.05, 0.1) is 54.8 Å². The third kappa shape index (κ3) is 18.5. The molecule has 0 aromatic heterocycles. The number of hydrogen-bond donors (Lipinski definition) is 8. The molecule has 1 aliphatic carbocycles. The van der Waals surface area contributed by atoms with Crippen LogP contribution in [0.25, 0.3) is 11.1 Å².